The lowest BCUT2D eigenvalue weighted by atomic mass is 10.1. The molecule has 0 fully saturated rings. The number of rotatable bonds is 5. The molecule has 3 aromatic rings. The van der Waals surface area contributed by atoms with E-state index in [9.17, 15) is 9.90 Å². The van der Waals surface area contributed by atoms with Crippen LogP contribution in [0.25, 0.3) is 11.3 Å². The van der Waals surface area contributed by atoms with Crippen LogP contribution >= 0.6 is 0 Å². The van der Waals surface area contributed by atoms with E-state index in [1.807, 2.05) is 43.6 Å². The van der Waals surface area contributed by atoms with Gasteiger partial charge < -0.3 is 14.5 Å². The second-order valence-corrected chi connectivity index (χ2v) is 6.29. The summed E-state index contributed by atoms with van der Waals surface area (Å²) >= 11 is 0. The van der Waals surface area contributed by atoms with Crippen LogP contribution in [0.1, 0.15) is 17.7 Å². The normalized spacial score (nSPS) is 16.2. The van der Waals surface area contributed by atoms with Gasteiger partial charge >= 0.3 is 5.97 Å². The van der Waals surface area contributed by atoms with E-state index in [-0.39, 0.29) is 12.5 Å². The zero-order chi connectivity index (χ0) is 17.4. The Bertz CT molecular complexity index is 914. The van der Waals surface area contributed by atoms with Crippen LogP contribution in [0.3, 0.4) is 0 Å². The molecule has 3 heterocycles. The molecule has 1 N–H and O–H groups in total. The van der Waals surface area contributed by atoms with Crippen molar-refractivity contribution in [3.63, 3.8) is 0 Å². The highest BCUT2D eigenvalue weighted by molar-refractivity contribution is 5.70. The molecule has 1 aliphatic heterocycles. The smallest absolute Gasteiger partial charge is 0.305 e. The van der Waals surface area contributed by atoms with Crippen molar-refractivity contribution in [1.82, 2.24) is 14.9 Å². The Hall–Kier alpha value is -3.09. The number of anilines is 1. The summed E-state index contributed by atoms with van der Waals surface area (Å²) in [6.45, 7) is 0.488. The number of aliphatic carboxylic acids is 1. The Labute approximate surface area is 144 Å². The van der Waals surface area contributed by atoms with Gasteiger partial charge in [0.1, 0.15) is 5.69 Å². The minimum absolute atomic E-state index is 0.0816. The molecule has 0 amide bonds. The van der Waals surface area contributed by atoms with Crippen molar-refractivity contribution in [3.05, 3.63) is 54.0 Å². The van der Waals surface area contributed by atoms with Gasteiger partial charge in [0.2, 0.25) is 0 Å². The standard InChI is InChI=1S/C18H18N4O3/c1-21-10-13(9-19-21)16-8-15(25-20-16)11-22-14(7-18(23)24)6-12-4-2-3-5-17(12)22/h2-5,8-10,14H,6-7,11H2,1H3,(H,23,24). The number of hydrogen-bond donors (Lipinski definition) is 1. The van der Waals surface area contributed by atoms with Crippen LogP contribution in [0.2, 0.25) is 0 Å². The predicted molar refractivity (Wildman–Crippen MR) is 91.1 cm³/mol. The number of fused-ring (bicyclic) bond motifs is 1. The number of nitrogens with zero attached hydrogens (tertiary/aromatic N) is 4. The van der Waals surface area contributed by atoms with E-state index < -0.39 is 5.97 Å². The molecule has 7 heteroatoms. The van der Waals surface area contributed by atoms with Gasteiger partial charge in [0, 0.05) is 36.6 Å². The summed E-state index contributed by atoms with van der Waals surface area (Å²) in [6.07, 6.45) is 4.43. The Morgan fingerprint density at radius 2 is 2.24 bits per heavy atom. The fourth-order valence-corrected chi connectivity index (χ4v) is 3.37. The molecule has 0 saturated carbocycles. The number of para-hydroxylation sites is 1. The van der Waals surface area contributed by atoms with Crippen molar-refractivity contribution in [2.75, 3.05) is 4.90 Å². The molecule has 128 valence electrons. The summed E-state index contributed by atoms with van der Waals surface area (Å²) in [5.74, 6) is -0.0950. The zero-order valence-electron chi connectivity index (χ0n) is 13.8. The van der Waals surface area contributed by atoms with Gasteiger partial charge in [0.05, 0.1) is 19.2 Å². The SMILES string of the molecule is Cn1cc(-c2cc(CN3c4ccccc4CC3CC(=O)O)on2)cn1. The van der Waals surface area contributed by atoms with Crippen molar-refractivity contribution in [2.45, 2.75) is 25.4 Å². The highest BCUT2D eigenvalue weighted by Gasteiger charge is 2.31. The van der Waals surface area contributed by atoms with E-state index in [0.717, 1.165) is 23.4 Å². The maximum absolute atomic E-state index is 11.2. The number of hydrogen-bond acceptors (Lipinski definition) is 5. The van der Waals surface area contributed by atoms with Gasteiger partial charge in [-0.15, -0.1) is 0 Å². The first-order chi connectivity index (χ1) is 12.1. The molecule has 2 aromatic heterocycles. The summed E-state index contributed by atoms with van der Waals surface area (Å²) in [5, 5.41) is 17.5. The Balaban J connectivity index is 1.59. The van der Waals surface area contributed by atoms with Crippen LogP contribution in [0.4, 0.5) is 5.69 Å². The number of aromatic nitrogens is 3. The van der Waals surface area contributed by atoms with Crippen LogP contribution in [0.5, 0.6) is 0 Å². The van der Waals surface area contributed by atoms with E-state index in [4.69, 9.17) is 4.52 Å². The molecule has 0 bridgehead atoms. The van der Waals surface area contributed by atoms with E-state index in [2.05, 4.69) is 15.2 Å². The molecule has 25 heavy (non-hydrogen) atoms. The highest BCUT2D eigenvalue weighted by atomic mass is 16.5. The molecule has 1 unspecified atom stereocenters. The molecular formula is C18H18N4O3. The second kappa shape index (κ2) is 6.08. The lowest BCUT2D eigenvalue weighted by molar-refractivity contribution is -0.137. The molecule has 0 saturated heterocycles. The average Bonchev–Trinajstić information content (AvgIpc) is 3.27. The fraction of sp³-hybridized carbons (Fsp3) is 0.278. The van der Waals surface area contributed by atoms with Crippen molar-refractivity contribution in [2.24, 2.45) is 7.05 Å². The van der Waals surface area contributed by atoms with Crippen molar-refractivity contribution >= 4 is 11.7 Å². The Morgan fingerprint density at radius 1 is 1.40 bits per heavy atom. The molecular weight excluding hydrogens is 320 g/mol. The van der Waals surface area contributed by atoms with Crippen LogP contribution in [-0.2, 0) is 24.8 Å². The molecule has 1 aromatic carbocycles. The number of aryl methyl sites for hydroxylation is 1. The molecule has 0 aliphatic carbocycles. The van der Waals surface area contributed by atoms with E-state index in [1.54, 1.807) is 10.9 Å². The van der Waals surface area contributed by atoms with Gasteiger partial charge in [-0.05, 0) is 18.1 Å². The maximum atomic E-state index is 11.2. The number of carboxylic acid groups (broad SMARTS) is 1. The molecule has 7 nitrogen and oxygen atoms in total. The lowest BCUT2D eigenvalue weighted by Gasteiger charge is -2.25. The van der Waals surface area contributed by atoms with E-state index in [1.165, 1.54) is 5.56 Å². The largest absolute Gasteiger partial charge is 0.481 e. The molecule has 4 rings (SSSR count). The van der Waals surface area contributed by atoms with Crippen molar-refractivity contribution < 1.29 is 14.4 Å². The monoisotopic (exact) mass is 338 g/mol. The molecule has 1 aliphatic rings. The fourth-order valence-electron chi connectivity index (χ4n) is 3.37. The first-order valence-corrected chi connectivity index (χ1v) is 8.11. The van der Waals surface area contributed by atoms with Crippen LogP contribution in [-0.4, -0.2) is 32.1 Å². The summed E-state index contributed by atoms with van der Waals surface area (Å²) in [7, 11) is 1.85. The quantitative estimate of drug-likeness (QED) is 0.769. The van der Waals surface area contributed by atoms with Crippen molar-refractivity contribution in [1.29, 1.82) is 0 Å². The average molecular weight is 338 g/mol. The van der Waals surface area contributed by atoms with E-state index in [0.29, 0.717) is 12.3 Å². The summed E-state index contributed by atoms with van der Waals surface area (Å²) in [4.78, 5) is 13.3. The van der Waals surface area contributed by atoms with Gasteiger partial charge in [0.15, 0.2) is 5.76 Å². The highest BCUT2D eigenvalue weighted by Crippen LogP contribution is 2.35. The van der Waals surface area contributed by atoms with Gasteiger partial charge in [-0.3, -0.25) is 9.48 Å². The molecule has 0 spiro atoms. The minimum atomic E-state index is -0.795. The number of carbonyl (C=O) groups is 1. The van der Waals surface area contributed by atoms with Crippen LogP contribution in [0, 0.1) is 0 Å². The van der Waals surface area contributed by atoms with Gasteiger partial charge in [0.25, 0.3) is 0 Å². The molecule has 1 atom stereocenters. The first kappa shape index (κ1) is 15.4. The maximum Gasteiger partial charge on any atom is 0.305 e. The van der Waals surface area contributed by atoms with Crippen LogP contribution < -0.4 is 4.90 Å². The zero-order valence-corrected chi connectivity index (χ0v) is 13.8. The summed E-state index contributed by atoms with van der Waals surface area (Å²) < 4.78 is 7.19. The van der Waals surface area contributed by atoms with Gasteiger partial charge in [-0.2, -0.15) is 5.10 Å². The summed E-state index contributed by atoms with van der Waals surface area (Å²) in [5.41, 5.74) is 3.85. The summed E-state index contributed by atoms with van der Waals surface area (Å²) in [6, 6.07) is 9.82. The van der Waals surface area contributed by atoms with Gasteiger partial charge in [-0.1, -0.05) is 23.4 Å². The minimum Gasteiger partial charge on any atom is -0.481 e. The third-order valence-corrected chi connectivity index (χ3v) is 4.49. The Morgan fingerprint density at radius 3 is 3.00 bits per heavy atom. The number of benzene rings is 1. The van der Waals surface area contributed by atoms with Crippen molar-refractivity contribution in [3.8, 4) is 11.3 Å². The third-order valence-electron chi connectivity index (χ3n) is 4.49. The first-order valence-electron chi connectivity index (χ1n) is 8.11. The second-order valence-electron chi connectivity index (χ2n) is 6.29. The lowest BCUT2D eigenvalue weighted by Crippen LogP contribution is -2.33. The molecule has 0 radical (unpaired) electrons. The Kier molecular flexibility index (Phi) is 3.76. The third kappa shape index (κ3) is 3.00. The predicted octanol–water partition coefficient (Wildman–Crippen LogP) is 2.48. The number of carboxylic acids is 1. The van der Waals surface area contributed by atoms with Gasteiger partial charge in [-0.25, -0.2) is 0 Å². The topological polar surface area (TPSA) is 84.4 Å². The van der Waals surface area contributed by atoms with Crippen LogP contribution in [0.15, 0.2) is 47.2 Å². The van der Waals surface area contributed by atoms with E-state index >= 15 is 0 Å².